The van der Waals surface area contributed by atoms with Gasteiger partial charge in [0.25, 0.3) is 5.56 Å². The molecule has 2 aromatic rings. The second-order valence-corrected chi connectivity index (χ2v) is 4.87. The molecule has 0 aliphatic rings. The molecule has 0 bridgehead atoms. The number of rotatable bonds is 5. The smallest absolute Gasteiger partial charge is 0.287 e. The number of hydrogen-bond acceptors (Lipinski definition) is 3. The molecule has 1 N–H and O–H groups in total. The number of aromatic nitrogens is 2. The van der Waals surface area contributed by atoms with Gasteiger partial charge in [0.15, 0.2) is 0 Å². The topological polar surface area (TPSA) is 46.9 Å². The van der Waals surface area contributed by atoms with Crippen LogP contribution in [0, 0.1) is 11.6 Å². The molecule has 0 atom stereocenters. The molecule has 0 unspecified atom stereocenters. The van der Waals surface area contributed by atoms with Crippen LogP contribution in [0.1, 0.15) is 18.9 Å². The van der Waals surface area contributed by atoms with Gasteiger partial charge in [-0.1, -0.05) is 18.5 Å². The summed E-state index contributed by atoms with van der Waals surface area (Å²) in [6.45, 7) is 2.39. The third-order valence-electron chi connectivity index (χ3n) is 2.90. The van der Waals surface area contributed by atoms with Gasteiger partial charge in [0.1, 0.15) is 16.7 Å². The maximum absolute atomic E-state index is 13.5. The highest BCUT2D eigenvalue weighted by molar-refractivity contribution is 6.32. The molecule has 0 aliphatic carbocycles. The molecule has 0 saturated carbocycles. The first-order valence-corrected chi connectivity index (χ1v) is 6.84. The Morgan fingerprint density at radius 1 is 1.38 bits per heavy atom. The third-order valence-corrected chi connectivity index (χ3v) is 3.26. The van der Waals surface area contributed by atoms with Crippen LogP contribution in [0.3, 0.4) is 0 Å². The SMILES string of the molecule is CCCn1ncc(NCc2cc(F)ccc2F)c(Cl)c1=O. The van der Waals surface area contributed by atoms with Crippen molar-refractivity contribution < 1.29 is 8.78 Å². The summed E-state index contributed by atoms with van der Waals surface area (Å²) in [6.07, 6.45) is 2.15. The molecule has 112 valence electrons. The Morgan fingerprint density at radius 3 is 2.86 bits per heavy atom. The standard InChI is InChI=1S/C14H14ClF2N3O/c1-2-5-20-14(21)13(15)12(8-19-20)18-7-9-6-10(16)3-4-11(9)17/h3-4,6,8,18H,2,5,7H2,1H3. The molecular weight excluding hydrogens is 300 g/mol. The molecule has 4 nitrogen and oxygen atoms in total. The Kier molecular flexibility index (Phi) is 4.90. The predicted molar refractivity (Wildman–Crippen MR) is 77.5 cm³/mol. The highest BCUT2D eigenvalue weighted by Crippen LogP contribution is 2.18. The van der Waals surface area contributed by atoms with Crippen LogP contribution in [0.4, 0.5) is 14.5 Å². The second-order valence-electron chi connectivity index (χ2n) is 4.49. The van der Waals surface area contributed by atoms with Gasteiger partial charge in [0.05, 0.1) is 11.9 Å². The van der Waals surface area contributed by atoms with Crippen molar-refractivity contribution in [2.45, 2.75) is 26.4 Å². The quantitative estimate of drug-likeness (QED) is 0.922. The van der Waals surface area contributed by atoms with Crippen LogP contribution in [-0.2, 0) is 13.1 Å². The zero-order valence-corrected chi connectivity index (χ0v) is 12.1. The zero-order valence-electron chi connectivity index (χ0n) is 11.4. The second kappa shape index (κ2) is 6.67. The zero-order chi connectivity index (χ0) is 15.4. The van der Waals surface area contributed by atoms with Crippen LogP contribution in [-0.4, -0.2) is 9.78 Å². The van der Waals surface area contributed by atoms with Crippen molar-refractivity contribution in [2.75, 3.05) is 5.32 Å². The van der Waals surface area contributed by atoms with E-state index in [0.717, 1.165) is 24.6 Å². The summed E-state index contributed by atoms with van der Waals surface area (Å²) < 4.78 is 27.8. The normalized spacial score (nSPS) is 10.7. The molecule has 1 heterocycles. The van der Waals surface area contributed by atoms with Gasteiger partial charge in [-0.2, -0.15) is 5.10 Å². The van der Waals surface area contributed by atoms with E-state index in [1.807, 2.05) is 6.92 Å². The Morgan fingerprint density at radius 2 is 2.14 bits per heavy atom. The molecule has 21 heavy (non-hydrogen) atoms. The van der Waals surface area contributed by atoms with E-state index in [-0.39, 0.29) is 22.8 Å². The molecule has 0 saturated heterocycles. The molecule has 0 radical (unpaired) electrons. The van der Waals surface area contributed by atoms with Gasteiger partial charge in [-0.15, -0.1) is 0 Å². The van der Waals surface area contributed by atoms with E-state index >= 15 is 0 Å². The van der Waals surface area contributed by atoms with E-state index in [1.165, 1.54) is 10.9 Å². The predicted octanol–water partition coefficient (Wildman–Crippen LogP) is 3.20. The van der Waals surface area contributed by atoms with Crippen LogP contribution in [0.5, 0.6) is 0 Å². The van der Waals surface area contributed by atoms with E-state index in [9.17, 15) is 13.6 Å². The fourth-order valence-electron chi connectivity index (χ4n) is 1.83. The minimum absolute atomic E-state index is 0.00221. The molecule has 1 aromatic carbocycles. The van der Waals surface area contributed by atoms with Crippen LogP contribution < -0.4 is 10.9 Å². The number of aryl methyl sites for hydroxylation is 1. The van der Waals surface area contributed by atoms with Gasteiger partial charge in [0, 0.05) is 18.7 Å². The Bertz CT molecular complexity index is 703. The number of nitrogens with one attached hydrogen (secondary N) is 1. The number of anilines is 1. The highest BCUT2D eigenvalue weighted by Gasteiger charge is 2.10. The maximum atomic E-state index is 13.5. The van der Waals surface area contributed by atoms with Gasteiger partial charge >= 0.3 is 0 Å². The molecular formula is C14H14ClF2N3O. The average Bonchev–Trinajstić information content (AvgIpc) is 2.46. The van der Waals surface area contributed by atoms with Crippen LogP contribution >= 0.6 is 11.6 Å². The van der Waals surface area contributed by atoms with Crippen molar-refractivity contribution in [1.82, 2.24) is 9.78 Å². The molecule has 0 fully saturated rings. The Hall–Kier alpha value is -1.95. The summed E-state index contributed by atoms with van der Waals surface area (Å²) in [4.78, 5) is 11.9. The Balaban J connectivity index is 2.19. The van der Waals surface area contributed by atoms with E-state index < -0.39 is 17.2 Å². The monoisotopic (exact) mass is 313 g/mol. The van der Waals surface area contributed by atoms with Crippen molar-refractivity contribution >= 4 is 17.3 Å². The molecule has 7 heteroatoms. The van der Waals surface area contributed by atoms with Gasteiger partial charge in [-0.3, -0.25) is 4.79 Å². The fraction of sp³-hybridized carbons (Fsp3) is 0.286. The summed E-state index contributed by atoms with van der Waals surface area (Å²) >= 11 is 5.97. The molecule has 0 amide bonds. The van der Waals surface area contributed by atoms with Gasteiger partial charge in [-0.05, 0) is 24.6 Å². The van der Waals surface area contributed by atoms with E-state index in [1.54, 1.807) is 0 Å². The molecule has 1 aromatic heterocycles. The van der Waals surface area contributed by atoms with Crippen molar-refractivity contribution in [3.05, 3.63) is 57.0 Å². The largest absolute Gasteiger partial charge is 0.378 e. The summed E-state index contributed by atoms with van der Waals surface area (Å²) in [5.74, 6) is -1.07. The first-order valence-electron chi connectivity index (χ1n) is 6.46. The molecule has 0 aliphatic heterocycles. The lowest BCUT2D eigenvalue weighted by Crippen LogP contribution is -2.24. The third kappa shape index (κ3) is 3.58. The summed E-state index contributed by atoms with van der Waals surface area (Å²) in [7, 11) is 0. The Labute approximate surface area is 125 Å². The first-order chi connectivity index (χ1) is 10.0. The number of halogens is 3. The highest BCUT2D eigenvalue weighted by atomic mass is 35.5. The van der Waals surface area contributed by atoms with E-state index in [0.29, 0.717) is 6.54 Å². The van der Waals surface area contributed by atoms with Gasteiger partial charge in [0.2, 0.25) is 0 Å². The fourth-order valence-corrected chi connectivity index (χ4v) is 2.04. The first kappa shape index (κ1) is 15.4. The van der Waals surface area contributed by atoms with Crippen molar-refractivity contribution in [1.29, 1.82) is 0 Å². The molecule has 0 spiro atoms. The summed E-state index contributed by atoms with van der Waals surface area (Å²) in [5, 5.41) is 6.75. The van der Waals surface area contributed by atoms with Crippen LogP contribution in [0.25, 0.3) is 0 Å². The van der Waals surface area contributed by atoms with Crippen LogP contribution in [0.2, 0.25) is 5.02 Å². The minimum Gasteiger partial charge on any atom is -0.378 e. The number of nitrogens with zero attached hydrogens (tertiary/aromatic N) is 2. The minimum atomic E-state index is -0.535. The number of hydrogen-bond donors (Lipinski definition) is 1. The van der Waals surface area contributed by atoms with Crippen molar-refractivity contribution in [2.24, 2.45) is 0 Å². The lowest BCUT2D eigenvalue weighted by molar-refractivity contribution is 0.568. The summed E-state index contributed by atoms with van der Waals surface area (Å²) in [6, 6.07) is 3.17. The van der Waals surface area contributed by atoms with E-state index in [2.05, 4.69) is 10.4 Å². The van der Waals surface area contributed by atoms with Crippen LogP contribution in [0.15, 0.2) is 29.2 Å². The lowest BCUT2D eigenvalue weighted by atomic mass is 10.2. The number of benzene rings is 1. The lowest BCUT2D eigenvalue weighted by Gasteiger charge is -2.10. The van der Waals surface area contributed by atoms with Crippen molar-refractivity contribution in [3.63, 3.8) is 0 Å². The van der Waals surface area contributed by atoms with Gasteiger partial charge in [-0.25, -0.2) is 13.5 Å². The maximum Gasteiger partial charge on any atom is 0.287 e. The van der Waals surface area contributed by atoms with Gasteiger partial charge < -0.3 is 5.32 Å². The molecule has 2 rings (SSSR count). The van der Waals surface area contributed by atoms with Crippen molar-refractivity contribution in [3.8, 4) is 0 Å². The summed E-state index contributed by atoms with van der Waals surface area (Å²) in [5.41, 5.74) is 0.0183. The van der Waals surface area contributed by atoms with E-state index in [4.69, 9.17) is 11.6 Å². The average molecular weight is 314 g/mol.